The fraction of sp³-hybridized carbons (Fsp3) is 0.364. The van der Waals surface area contributed by atoms with Crippen LogP contribution in [0.25, 0.3) is 11.0 Å². The number of carbonyl (C=O) groups is 1. The van der Waals surface area contributed by atoms with Crippen molar-refractivity contribution >= 4 is 50.2 Å². The number of imidazole rings is 1. The van der Waals surface area contributed by atoms with E-state index in [1.54, 1.807) is 6.07 Å². The molecule has 0 spiro atoms. The second-order valence-electron chi connectivity index (χ2n) is 7.71. The molecule has 7 nitrogen and oxygen atoms in total. The van der Waals surface area contributed by atoms with Crippen molar-refractivity contribution in [3.63, 3.8) is 0 Å². The summed E-state index contributed by atoms with van der Waals surface area (Å²) in [6.07, 6.45) is 0.856. The van der Waals surface area contributed by atoms with Gasteiger partial charge in [0.1, 0.15) is 10.7 Å². The van der Waals surface area contributed by atoms with Crippen molar-refractivity contribution in [2.45, 2.75) is 37.8 Å². The summed E-state index contributed by atoms with van der Waals surface area (Å²) < 4.78 is 29.5. The fourth-order valence-corrected chi connectivity index (χ4v) is 6.70. The number of aryl methyl sites for hydroxylation is 1. The highest BCUT2D eigenvalue weighted by Crippen LogP contribution is 2.33. The standard InChI is InChI=1S/C22H24Cl2N4O3S/c1-2-28-19-9-4-3-8-18(19)26-20(28)14-25-22(29)15-10-12-27(13-11-15)32(30,31)21-16(23)6-5-7-17(21)24/h3-9,15H,2,10-14H2,1H3,(H,25,29). The van der Waals surface area contributed by atoms with E-state index in [0.29, 0.717) is 19.4 Å². The van der Waals surface area contributed by atoms with Gasteiger partial charge in [-0.15, -0.1) is 0 Å². The van der Waals surface area contributed by atoms with E-state index in [9.17, 15) is 13.2 Å². The normalized spacial score (nSPS) is 15.8. The second kappa shape index (κ2) is 9.39. The maximum atomic E-state index is 13.0. The predicted molar refractivity (Wildman–Crippen MR) is 125 cm³/mol. The Bertz CT molecular complexity index is 1230. The van der Waals surface area contributed by atoms with Crippen LogP contribution in [0.4, 0.5) is 0 Å². The summed E-state index contributed by atoms with van der Waals surface area (Å²) in [4.78, 5) is 17.3. The summed E-state index contributed by atoms with van der Waals surface area (Å²) in [5.74, 6) is 0.450. The monoisotopic (exact) mass is 494 g/mol. The maximum absolute atomic E-state index is 13.0. The molecule has 0 unspecified atom stereocenters. The van der Waals surface area contributed by atoms with Gasteiger partial charge in [0.05, 0.1) is 27.6 Å². The molecule has 1 N–H and O–H groups in total. The average molecular weight is 495 g/mol. The van der Waals surface area contributed by atoms with Crippen LogP contribution in [-0.4, -0.2) is 41.3 Å². The van der Waals surface area contributed by atoms with Crippen LogP contribution in [0, 0.1) is 5.92 Å². The van der Waals surface area contributed by atoms with Crippen molar-refractivity contribution in [3.05, 3.63) is 58.3 Å². The van der Waals surface area contributed by atoms with Gasteiger partial charge in [-0.3, -0.25) is 4.79 Å². The molecule has 4 rings (SSSR count). The molecule has 2 aromatic carbocycles. The van der Waals surface area contributed by atoms with Crippen molar-refractivity contribution in [2.75, 3.05) is 13.1 Å². The summed E-state index contributed by atoms with van der Waals surface area (Å²) in [6, 6.07) is 12.5. The van der Waals surface area contributed by atoms with Gasteiger partial charge < -0.3 is 9.88 Å². The molecule has 1 aliphatic heterocycles. The van der Waals surface area contributed by atoms with Gasteiger partial charge in [0, 0.05) is 25.6 Å². The lowest BCUT2D eigenvalue weighted by Gasteiger charge is -2.31. The van der Waals surface area contributed by atoms with Crippen molar-refractivity contribution in [1.29, 1.82) is 0 Å². The first-order chi connectivity index (χ1) is 15.3. The van der Waals surface area contributed by atoms with Crippen LogP contribution in [0.2, 0.25) is 10.0 Å². The number of amides is 1. The molecule has 0 bridgehead atoms. The first kappa shape index (κ1) is 23.0. The minimum absolute atomic E-state index is 0.0790. The van der Waals surface area contributed by atoms with E-state index in [-0.39, 0.29) is 39.9 Å². The molecule has 1 aromatic heterocycles. The van der Waals surface area contributed by atoms with Crippen LogP contribution in [0.3, 0.4) is 0 Å². The highest BCUT2D eigenvalue weighted by molar-refractivity contribution is 7.89. The highest BCUT2D eigenvalue weighted by atomic mass is 35.5. The molecule has 1 amide bonds. The summed E-state index contributed by atoms with van der Waals surface area (Å²) in [5.41, 5.74) is 1.94. The van der Waals surface area contributed by atoms with E-state index in [0.717, 1.165) is 23.4 Å². The molecule has 0 saturated carbocycles. The number of hydrogen-bond acceptors (Lipinski definition) is 4. The number of piperidine rings is 1. The van der Waals surface area contributed by atoms with E-state index in [4.69, 9.17) is 23.2 Å². The number of nitrogens with one attached hydrogen (secondary N) is 1. The number of nitrogens with zero attached hydrogens (tertiary/aromatic N) is 3. The Morgan fingerprint density at radius 3 is 2.41 bits per heavy atom. The lowest BCUT2D eigenvalue weighted by Crippen LogP contribution is -2.43. The zero-order chi connectivity index (χ0) is 22.9. The lowest BCUT2D eigenvalue weighted by atomic mass is 9.97. The molecule has 1 fully saturated rings. The quantitative estimate of drug-likeness (QED) is 0.559. The lowest BCUT2D eigenvalue weighted by molar-refractivity contribution is -0.126. The molecule has 10 heteroatoms. The van der Waals surface area contributed by atoms with Gasteiger partial charge in [-0.2, -0.15) is 4.31 Å². The van der Waals surface area contributed by atoms with Crippen LogP contribution in [0.5, 0.6) is 0 Å². The van der Waals surface area contributed by atoms with Crippen LogP contribution in [-0.2, 0) is 27.9 Å². The SMILES string of the molecule is CCn1c(CNC(=O)C2CCN(S(=O)(=O)c3c(Cl)cccc3Cl)CC2)nc2ccccc21. The summed E-state index contributed by atoms with van der Waals surface area (Å²) in [5, 5.41) is 3.16. The number of sulfonamides is 1. The number of para-hydroxylation sites is 2. The molecule has 32 heavy (non-hydrogen) atoms. The average Bonchev–Trinajstić information content (AvgIpc) is 3.14. The Kier molecular flexibility index (Phi) is 6.76. The Balaban J connectivity index is 1.39. The molecule has 3 aromatic rings. The molecule has 2 heterocycles. The maximum Gasteiger partial charge on any atom is 0.246 e. The smallest absolute Gasteiger partial charge is 0.246 e. The summed E-state index contributed by atoms with van der Waals surface area (Å²) >= 11 is 12.2. The van der Waals surface area contributed by atoms with Crippen LogP contribution < -0.4 is 5.32 Å². The van der Waals surface area contributed by atoms with E-state index < -0.39 is 10.0 Å². The van der Waals surface area contributed by atoms with Gasteiger partial charge in [-0.1, -0.05) is 41.4 Å². The van der Waals surface area contributed by atoms with Gasteiger partial charge >= 0.3 is 0 Å². The number of hydrogen-bond donors (Lipinski definition) is 1. The molecule has 1 saturated heterocycles. The third-order valence-electron chi connectivity index (χ3n) is 5.81. The van der Waals surface area contributed by atoms with Gasteiger partial charge in [0.2, 0.25) is 15.9 Å². The van der Waals surface area contributed by atoms with Crippen molar-refractivity contribution in [2.24, 2.45) is 5.92 Å². The minimum Gasteiger partial charge on any atom is -0.349 e. The fourth-order valence-electron chi connectivity index (χ4n) is 4.14. The van der Waals surface area contributed by atoms with Crippen molar-refractivity contribution < 1.29 is 13.2 Å². The van der Waals surface area contributed by atoms with Gasteiger partial charge in [0.25, 0.3) is 0 Å². The third kappa shape index (κ3) is 4.37. The zero-order valence-corrected chi connectivity index (χ0v) is 19.9. The molecule has 0 radical (unpaired) electrons. The topological polar surface area (TPSA) is 84.3 Å². The van der Waals surface area contributed by atoms with Crippen molar-refractivity contribution in [3.8, 4) is 0 Å². The Morgan fingerprint density at radius 1 is 1.09 bits per heavy atom. The first-order valence-electron chi connectivity index (χ1n) is 10.5. The molecule has 0 atom stereocenters. The number of carbonyl (C=O) groups excluding carboxylic acids is 1. The van der Waals surface area contributed by atoms with Crippen molar-refractivity contribution in [1.82, 2.24) is 19.2 Å². The van der Waals surface area contributed by atoms with Crippen LogP contribution in [0.1, 0.15) is 25.6 Å². The third-order valence-corrected chi connectivity index (χ3v) is 8.67. The number of fused-ring (bicyclic) bond motifs is 1. The first-order valence-corrected chi connectivity index (χ1v) is 12.7. The molecule has 1 aliphatic rings. The number of aromatic nitrogens is 2. The zero-order valence-electron chi connectivity index (χ0n) is 17.6. The molecular formula is C22H24Cl2N4O3S. The highest BCUT2D eigenvalue weighted by Gasteiger charge is 2.34. The van der Waals surface area contributed by atoms with E-state index in [1.165, 1.54) is 16.4 Å². The second-order valence-corrected chi connectivity index (χ2v) is 10.4. The molecular weight excluding hydrogens is 471 g/mol. The van der Waals surface area contributed by atoms with Gasteiger partial charge in [-0.25, -0.2) is 13.4 Å². The van der Waals surface area contributed by atoms with E-state index in [1.807, 2.05) is 31.2 Å². The number of rotatable bonds is 6. The van der Waals surface area contributed by atoms with Gasteiger partial charge in [0.15, 0.2) is 0 Å². The molecule has 170 valence electrons. The van der Waals surface area contributed by atoms with Gasteiger partial charge in [-0.05, 0) is 44.0 Å². The van der Waals surface area contributed by atoms with E-state index in [2.05, 4.69) is 14.9 Å². The summed E-state index contributed by atoms with van der Waals surface area (Å²) in [7, 11) is -3.83. The number of benzene rings is 2. The van der Waals surface area contributed by atoms with Crippen LogP contribution in [0.15, 0.2) is 47.4 Å². The predicted octanol–water partition coefficient (Wildman–Crippen LogP) is 4.08. The Morgan fingerprint density at radius 2 is 1.75 bits per heavy atom. The van der Waals surface area contributed by atoms with Crippen LogP contribution >= 0.6 is 23.2 Å². The minimum atomic E-state index is -3.83. The Hall–Kier alpha value is -2.13. The largest absolute Gasteiger partial charge is 0.349 e. The van der Waals surface area contributed by atoms with E-state index >= 15 is 0 Å². The molecule has 0 aliphatic carbocycles. The Labute approximate surface area is 197 Å². The summed E-state index contributed by atoms with van der Waals surface area (Å²) in [6.45, 7) is 3.59. The number of halogens is 2.